The third-order valence-corrected chi connectivity index (χ3v) is 1.91. The predicted molar refractivity (Wildman–Crippen MR) is 90.0 cm³/mol. The Morgan fingerprint density at radius 1 is 0.700 bits per heavy atom. The smallest absolute Gasteiger partial charge is 0.115 e. The highest BCUT2D eigenvalue weighted by atomic mass is 14.8. The Balaban J connectivity index is 0. The fourth-order valence-corrected chi connectivity index (χ4v) is 1.01. The van der Waals surface area contributed by atoms with Crippen LogP contribution in [0.2, 0.25) is 0 Å². The average Bonchev–Trinajstić information content (AvgIpc) is 2.47. The van der Waals surface area contributed by atoms with Gasteiger partial charge in [0.15, 0.2) is 0 Å². The molecule has 0 atom stereocenters. The second-order valence-electron chi connectivity index (χ2n) is 4.28. The van der Waals surface area contributed by atoms with E-state index in [1.165, 1.54) is 23.9 Å². The van der Waals surface area contributed by atoms with E-state index in [0.29, 0.717) is 0 Å². The Bertz CT molecular complexity index is 373. The summed E-state index contributed by atoms with van der Waals surface area (Å²) in [5.41, 5.74) is 3.76. The van der Waals surface area contributed by atoms with Gasteiger partial charge in [0.25, 0.3) is 0 Å². The van der Waals surface area contributed by atoms with E-state index in [9.17, 15) is 0 Å². The topological polar surface area (TPSA) is 25.8 Å². The first-order valence-corrected chi connectivity index (χ1v) is 7.35. The second kappa shape index (κ2) is 15.4. The zero-order valence-electron chi connectivity index (χ0n) is 14.1. The van der Waals surface area contributed by atoms with E-state index in [1.807, 2.05) is 20.8 Å². The van der Waals surface area contributed by atoms with E-state index < -0.39 is 0 Å². The summed E-state index contributed by atoms with van der Waals surface area (Å²) < 4.78 is 0. The summed E-state index contributed by atoms with van der Waals surface area (Å²) in [4.78, 5) is 7.55. The number of nitrogens with zero attached hydrogens (tertiary/aromatic N) is 2. The van der Waals surface area contributed by atoms with Gasteiger partial charge in [-0.05, 0) is 26.3 Å². The van der Waals surface area contributed by atoms with Gasteiger partial charge >= 0.3 is 0 Å². The predicted octanol–water partition coefficient (Wildman–Crippen LogP) is 5.53. The number of rotatable bonds is 0. The van der Waals surface area contributed by atoms with Crippen molar-refractivity contribution in [1.82, 2.24) is 9.97 Å². The van der Waals surface area contributed by atoms with Crippen LogP contribution in [0.1, 0.15) is 50.8 Å². The molecule has 2 heteroatoms. The van der Waals surface area contributed by atoms with Crippen molar-refractivity contribution in [3.8, 4) is 0 Å². The van der Waals surface area contributed by atoms with Gasteiger partial charge in [0, 0.05) is 12.4 Å². The van der Waals surface area contributed by atoms with Gasteiger partial charge in [-0.25, -0.2) is 9.97 Å². The van der Waals surface area contributed by atoms with Crippen LogP contribution >= 0.6 is 0 Å². The maximum Gasteiger partial charge on any atom is 0.115 e. The van der Waals surface area contributed by atoms with Crippen molar-refractivity contribution >= 4 is 0 Å². The quantitative estimate of drug-likeness (QED) is 0.631. The molecule has 0 unspecified atom stereocenters. The molecular formula is C18H30N2. The molecule has 0 spiro atoms. The minimum absolute atomic E-state index is 1.10. The summed E-state index contributed by atoms with van der Waals surface area (Å²) >= 11 is 0. The van der Waals surface area contributed by atoms with Crippen molar-refractivity contribution in [2.24, 2.45) is 0 Å². The van der Waals surface area contributed by atoms with Gasteiger partial charge in [-0.15, -0.1) is 0 Å². The van der Waals surface area contributed by atoms with Gasteiger partial charge in [0.1, 0.15) is 6.33 Å². The Hall–Kier alpha value is -1.70. The van der Waals surface area contributed by atoms with Crippen LogP contribution in [0.4, 0.5) is 0 Å². The van der Waals surface area contributed by atoms with Gasteiger partial charge < -0.3 is 0 Å². The molecule has 1 aromatic heterocycles. The molecule has 2 rings (SSSR count). The van der Waals surface area contributed by atoms with Gasteiger partial charge in [0.2, 0.25) is 0 Å². The van der Waals surface area contributed by atoms with E-state index >= 15 is 0 Å². The van der Waals surface area contributed by atoms with Gasteiger partial charge in [0.05, 0.1) is 0 Å². The molecule has 0 aliphatic heterocycles. The Morgan fingerprint density at radius 2 is 1.00 bits per heavy atom. The molecule has 0 aliphatic rings. The average molecular weight is 274 g/mol. The number of aromatic nitrogens is 2. The third-order valence-electron chi connectivity index (χ3n) is 1.91. The molecule has 1 heterocycles. The van der Waals surface area contributed by atoms with E-state index in [1.54, 1.807) is 12.4 Å². The monoisotopic (exact) mass is 274 g/mol. The molecule has 0 bridgehead atoms. The minimum atomic E-state index is 1.10. The van der Waals surface area contributed by atoms with Crippen molar-refractivity contribution in [2.75, 3.05) is 0 Å². The Morgan fingerprint density at radius 3 is 1.20 bits per heavy atom. The maximum atomic E-state index is 3.77. The van der Waals surface area contributed by atoms with Crippen molar-refractivity contribution in [3.05, 3.63) is 59.7 Å². The van der Waals surface area contributed by atoms with Crippen LogP contribution in [0.5, 0.6) is 0 Å². The van der Waals surface area contributed by atoms with Crippen LogP contribution in [0, 0.1) is 20.8 Å². The van der Waals surface area contributed by atoms with Crippen LogP contribution in [0.3, 0.4) is 0 Å². The van der Waals surface area contributed by atoms with Crippen LogP contribution in [0.15, 0.2) is 43.0 Å². The molecule has 0 saturated heterocycles. The SMILES string of the molecule is CC.CCC.Cc1ccc(C)cc1.Cc1cncnc1. The number of hydrogen-bond acceptors (Lipinski definition) is 2. The van der Waals surface area contributed by atoms with Crippen molar-refractivity contribution < 1.29 is 0 Å². The maximum absolute atomic E-state index is 3.77. The zero-order valence-corrected chi connectivity index (χ0v) is 14.1. The first-order valence-electron chi connectivity index (χ1n) is 7.35. The molecule has 0 N–H and O–H groups in total. The lowest BCUT2D eigenvalue weighted by molar-refractivity contribution is 1.09. The van der Waals surface area contributed by atoms with Gasteiger partial charge in [-0.1, -0.05) is 69.5 Å². The first kappa shape index (κ1) is 20.6. The van der Waals surface area contributed by atoms with E-state index in [0.717, 1.165) is 5.56 Å². The molecule has 112 valence electrons. The summed E-state index contributed by atoms with van der Waals surface area (Å²) in [7, 11) is 0. The van der Waals surface area contributed by atoms with Gasteiger partial charge in [-0.2, -0.15) is 0 Å². The lowest BCUT2D eigenvalue weighted by Crippen LogP contribution is -1.75. The van der Waals surface area contributed by atoms with Crippen molar-refractivity contribution in [1.29, 1.82) is 0 Å². The first-order chi connectivity index (χ1) is 9.60. The number of benzene rings is 1. The van der Waals surface area contributed by atoms with Crippen LogP contribution in [-0.2, 0) is 0 Å². The standard InChI is InChI=1S/C8H10.C5H6N2.C3H8.C2H6/c1-7-3-5-8(2)6-4-7;1-5-2-6-4-7-3-5;1-3-2;1-2/h3-6H,1-2H3;2-4H,1H3;3H2,1-2H3;1-2H3. The van der Waals surface area contributed by atoms with Crippen LogP contribution in [0.25, 0.3) is 0 Å². The largest absolute Gasteiger partial charge is 0.245 e. The minimum Gasteiger partial charge on any atom is -0.245 e. The van der Waals surface area contributed by atoms with E-state index in [-0.39, 0.29) is 0 Å². The fourth-order valence-electron chi connectivity index (χ4n) is 1.01. The fraction of sp³-hybridized carbons (Fsp3) is 0.444. The molecule has 0 radical (unpaired) electrons. The second-order valence-corrected chi connectivity index (χ2v) is 4.28. The summed E-state index contributed by atoms with van der Waals surface area (Å²) in [5.74, 6) is 0. The van der Waals surface area contributed by atoms with E-state index in [2.05, 4.69) is 61.9 Å². The molecule has 2 nitrogen and oxygen atoms in total. The summed E-state index contributed by atoms with van der Waals surface area (Å²) in [6, 6.07) is 8.48. The molecule has 1 aromatic carbocycles. The van der Waals surface area contributed by atoms with Gasteiger partial charge in [-0.3, -0.25) is 0 Å². The van der Waals surface area contributed by atoms with Crippen LogP contribution < -0.4 is 0 Å². The third kappa shape index (κ3) is 14.4. The van der Waals surface area contributed by atoms with Crippen molar-refractivity contribution in [2.45, 2.75) is 54.9 Å². The summed E-state index contributed by atoms with van der Waals surface area (Å²) in [6.07, 6.45) is 6.31. The summed E-state index contributed by atoms with van der Waals surface area (Å²) in [6.45, 7) is 14.4. The van der Waals surface area contributed by atoms with Crippen LogP contribution in [-0.4, -0.2) is 9.97 Å². The molecule has 2 aromatic rings. The van der Waals surface area contributed by atoms with E-state index in [4.69, 9.17) is 0 Å². The highest BCUT2D eigenvalue weighted by molar-refractivity contribution is 5.19. The molecule has 0 aliphatic carbocycles. The highest BCUT2D eigenvalue weighted by Crippen LogP contribution is 1.99. The Kier molecular flexibility index (Phi) is 15.8. The zero-order chi connectivity index (χ0) is 15.8. The lowest BCUT2D eigenvalue weighted by Gasteiger charge is -1.90. The molecule has 0 amide bonds. The molecule has 0 saturated carbocycles. The Labute approximate surface area is 125 Å². The highest BCUT2D eigenvalue weighted by Gasteiger charge is 1.79. The number of aryl methyl sites for hydroxylation is 3. The van der Waals surface area contributed by atoms with Crippen molar-refractivity contribution in [3.63, 3.8) is 0 Å². The summed E-state index contributed by atoms with van der Waals surface area (Å²) in [5, 5.41) is 0. The normalized spacial score (nSPS) is 7.95. The molecule has 0 fully saturated rings. The number of hydrogen-bond donors (Lipinski definition) is 0. The lowest BCUT2D eigenvalue weighted by atomic mass is 10.2. The molecule has 20 heavy (non-hydrogen) atoms. The molecular weight excluding hydrogens is 244 g/mol.